The fourth-order valence-electron chi connectivity index (χ4n) is 2.41. The van der Waals surface area contributed by atoms with Crippen molar-refractivity contribution in [3.63, 3.8) is 0 Å². The fourth-order valence-corrected chi connectivity index (χ4v) is 2.41. The zero-order chi connectivity index (χ0) is 17.1. The number of para-hydroxylation sites is 1. The minimum atomic E-state index is 0.449. The van der Waals surface area contributed by atoms with Gasteiger partial charge in [0.1, 0.15) is 11.5 Å². The Morgan fingerprint density at radius 3 is 2.32 bits per heavy atom. The summed E-state index contributed by atoms with van der Waals surface area (Å²) in [4.78, 5) is 4.45. The van der Waals surface area contributed by atoms with Crippen LogP contribution in [0.25, 0.3) is 22.8 Å². The number of nitrogens with zero attached hydrogens (tertiary/aromatic N) is 2. The van der Waals surface area contributed by atoms with Crippen molar-refractivity contribution in [3.8, 4) is 34.3 Å². The maximum absolute atomic E-state index is 5.85. The number of anilines is 1. The average Bonchev–Trinajstić information content (AvgIpc) is 3.14. The van der Waals surface area contributed by atoms with Crippen LogP contribution in [0.2, 0.25) is 0 Å². The molecule has 0 saturated heterocycles. The summed E-state index contributed by atoms with van der Waals surface area (Å²) in [7, 11) is 0. The third kappa shape index (κ3) is 3.35. The van der Waals surface area contributed by atoms with Gasteiger partial charge in [-0.1, -0.05) is 35.5 Å². The zero-order valence-electron chi connectivity index (χ0n) is 13.3. The first-order chi connectivity index (χ1) is 12.3. The molecule has 0 bridgehead atoms. The van der Waals surface area contributed by atoms with Gasteiger partial charge in [0.2, 0.25) is 5.82 Å². The average molecular weight is 329 g/mol. The molecule has 4 aromatic rings. The fraction of sp³-hybridized carbons (Fsp3) is 0. The second kappa shape index (κ2) is 6.49. The number of rotatable bonds is 4. The summed E-state index contributed by atoms with van der Waals surface area (Å²) in [5, 5.41) is 4.06. The molecular weight excluding hydrogens is 314 g/mol. The van der Waals surface area contributed by atoms with Crippen molar-refractivity contribution in [2.45, 2.75) is 0 Å². The van der Waals surface area contributed by atoms with Gasteiger partial charge >= 0.3 is 0 Å². The number of ether oxygens (including phenoxy) is 1. The van der Waals surface area contributed by atoms with Crippen LogP contribution in [0, 0.1) is 0 Å². The molecule has 0 aliphatic carbocycles. The highest BCUT2D eigenvalue weighted by molar-refractivity contribution is 5.62. The van der Waals surface area contributed by atoms with Crippen molar-refractivity contribution >= 4 is 5.69 Å². The minimum Gasteiger partial charge on any atom is -0.457 e. The Morgan fingerprint density at radius 1 is 0.760 bits per heavy atom. The molecule has 25 heavy (non-hydrogen) atoms. The van der Waals surface area contributed by atoms with Gasteiger partial charge in [-0.05, 0) is 48.5 Å². The molecule has 0 unspecified atom stereocenters. The predicted molar refractivity (Wildman–Crippen MR) is 96.1 cm³/mol. The van der Waals surface area contributed by atoms with Crippen LogP contribution in [-0.2, 0) is 0 Å². The molecule has 1 heterocycles. The molecule has 0 spiro atoms. The molecule has 2 N–H and O–H groups in total. The summed E-state index contributed by atoms with van der Waals surface area (Å²) < 4.78 is 11.2. The van der Waals surface area contributed by atoms with Crippen molar-refractivity contribution in [2.24, 2.45) is 0 Å². The van der Waals surface area contributed by atoms with E-state index in [0.717, 1.165) is 16.9 Å². The van der Waals surface area contributed by atoms with E-state index in [1.165, 1.54) is 0 Å². The highest BCUT2D eigenvalue weighted by Gasteiger charge is 2.11. The van der Waals surface area contributed by atoms with E-state index in [1.54, 1.807) is 12.1 Å². The number of nitrogens with two attached hydrogens (primary N) is 1. The van der Waals surface area contributed by atoms with Crippen molar-refractivity contribution in [1.82, 2.24) is 10.1 Å². The molecule has 0 aliphatic rings. The lowest BCUT2D eigenvalue weighted by Gasteiger charge is -2.05. The highest BCUT2D eigenvalue weighted by Crippen LogP contribution is 2.27. The topological polar surface area (TPSA) is 74.2 Å². The molecule has 5 heteroatoms. The second-order valence-corrected chi connectivity index (χ2v) is 5.49. The monoisotopic (exact) mass is 329 g/mol. The van der Waals surface area contributed by atoms with Gasteiger partial charge in [0.05, 0.1) is 0 Å². The van der Waals surface area contributed by atoms with Gasteiger partial charge in [0.15, 0.2) is 0 Å². The van der Waals surface area contributed by atoms with E-state index in [-0.39, 0.29) is 0 Å². The van der Waals surface area contributed by atoms with Gasteiger partial charge in [0.25, 0.3) is 5.89 Å². The highest BCUT2D eigenvalue weighted by atomic mass is 16.5. The number of aromatic nitrogens is 2. The van der Waals surface area contributed by atoms with Crippen molar-refractivity contribution in [2.75, 3.05) is 5.73 Å². The van der Waals surface area contributed by atoms with E-state index < -0.39 is 0 Å². The Morgan fingerprint density at radius 2 is 1.52 bits per heavy atom. The van der Waals surface area contributed by atoms with E-state index >= 15 is 0 Å². The lowest BCUT2D eigenvalue weighted by molar-refractivity contribution is 0.432. The summed E-state index contributed by atoms with van der Waals surface area (Å²) in [6, 6.07) is 24.5. The van der Waals surface area contributed by atoms with E-state index in [4.69, 9.17) is 15.0 Å². The molecule has 0 fully saturated rings. The van der Waals surface area contributed by atoms with Crippen LogP contribution in [0.1, 0.15) is 0 Å². The summed E-state index contributed by atoms with van der Waals surface area (Å²) in [5.41, 5.74) is 8.03. The number of hydrogen-bond donors (Lipinski definition) is 1. The van der Waals surface area contributed by atoms with Crippen LogP contribution < -0.4 is 10.5 Å². The zero-order valence-corrected chi connectivity index (χ0v) is 13.3. The lowest BCUT2D eigenvalue weighted by atomic mass is 10.2. The van der Waals surface area contributed by atoms with Gasteiger partial charge in [-0.3, -0.25) is 0 Å². The molecule has 122 valence electrons. The molecule has 3 aromatic carbocycles. The quantitative estimate of drug-likeness (QED) is 0.545. The predicted octanol–water partition coefficient (Wildman–Crippen LogP) is 4.78. The molecule has 0 saturated carbocycles. The molecule has 0 atom stereocenters. The van der Waals surface area contributed by atoms with E-state index in [1.807, 2.05) is 66.7 Å². The second-order valence-electron chi connectivity index (χ2n) is 5.49. The van der Waals surface area contributed by atoms with Gasteiger partial charge in [-0.15, -0.1) is 0 Å². The Bertz CT molecular complexity index is 979. The van der Waals surface area contributed by atoms with E-state index in [2.05, 4.69) is 10.1 Å². The SMILES string of the molecule is Nc1ccc(-c2nc(-c3cccc(Oc4ccccc4)c3)no2)cc1. The van der Waals surface area contributed by atoms with Crippen molar-refractivity contribution < 1.29 is 9.26 Å². The largest absolute Gasteiger partial charge is 0.457 e. The number of hydrogen-bond acceptors (Lipinski definition) is 5. The van der Waals surface area contributed by atoms with Crippen LogP contribution in [0.15, 0.2) is 83.4 Å². The first-order valence-electron chi connectivity index (χ1n) is 7.81. The number of benzene rings is 3. The molecule has 0 amide bonds. The Labute approximate surface area is 144 Å². The standard InChI is InChI=1S/C20H15N3O2/c21-16-11-9-14(10-12-16)20-22-19(23-25-20)15-5-4-8-18(13-15)24-17-6-2-1-3-7-17/h1-13H,21H2. The van der Waals surface area contributed by atoms with Crippen LogP contribution >= 0.6 is 0 Å². The lowest BCUT2D eigenvalue weighted by Crippen LogP contribution is -1.86. The third-order valence-electron chi connectivity index (χ3n) is 3.65. The van der Waals surface area contributed by atoms with Crippen LogP contribution in [0.5, 0.6) is 11.5 Å². The molecule has 5 nitrogen and oxygen atoms in total. The first-order valence-corrected chi connectivity index (χ1v) is 7.81. The van der Waals surface area contributed by atoms with E-state index in [0.29, 0.717) is 23.2 Å². The normalized spacial score (nSPS) is 10.6. The van der Waals surface area contributed by atoms with E-state index in [9.17, 15) is 0 Å². The smallest absolute Gasteiger partial charge is 0.258 e. The van der Waals surface area contributed by atoms with Crippen molar-refractivity contribution in [3.05, 3.63) is 78.9 Å². The summed E-state index contributed by atoms with van der Waals surface area (Å²) in [5.74, 6) is 2.44. The van der Waals surface area contributed by atoms with Crippen LogP contribution in [0.3, 0.4) is 0 Å². The van der Waals surface area contributed by atoms with Gasteiger partial charge in [0, 0.05) is 16.8 Å². The molecule has 1 aromatic heterocycles. The first kappa shape index (κ1) is 15.0. The maximum Gasteiger partial charge on any atom is 0.258 e. The van der Waals surface area contributed by atoms with Gasteiger partial charge in [-0.2, -0.15) is 4.98 Å². The van der Waals surface area contributed by atoms with Crippen molar-refractivity contribution in [1.29, 1.82) is 0 Å². The summed E-state index contributed by atoms with van der Waals surface area (Å²) >= 11 is 0. The Kier molecular flexibility index (Phi) is 3.88. The third-order valence-corrected chi connectivity index (χ3v) is 3.65. The Balaban J connectivity index is 1.60. The molecule has 4 rings (SSSR count). The molecular formula is C20H15N3O2. The van der Waals surface area contributed by atoms with Crippen LogP contribution in [-0.4, -0.2) is 10.1 Å². The minimum absolute atomic E-state index is 0.449. The van der Waals surface area contributed by atoms with Gasteiger partial charge < -0.3 is 15.0 Å². The maximum atomic E-state index is 5.85. The Hall–Kier alpha value is -3.60. The molecule has 0 radical (unpaired) electrons. The van der Waals surface area contributed by atoms with Gasteiger partial charge in [-0.25, -0.2) is 0 Å². The molecule has 0 aliphatic heterocycles. The van der Waals surface area contributed by atoms with Crippen LogP contribution in [0.4, 0.5) is 5.69 Å². The summed E-state index contributed by atoms with van der Waals surface area (Å²) in [6.07, 6.45) is 0. The summed E-state index contributed by atoms with van der Waals surface area (Å²) in [6.45, 7) is 0. The number of nitrogen functional groups attached to an aromatic ring is 1.